The van der Waals surface area contributed by atoms with Gasteiger partial charge in [0, 0.05) is 17.6 Å². The Morgan fingerprint density at radius 3 is 2.20 bits per heavy atom. The summed E-state index contributed by atoms with van der Waals surface area (Å²) in [6.45, 7) is 3.31. The largest absolute Gasteiger partial charge is 0.313 e. The van der Waals surface area contributed by atoms with Crippen LogP contribution in [0.2, 0.25) is 5.02 Å². The van der Waals surface area contributed by atoms with Crippen molar-refractivity contribution in [2.45, 2.75) is 19.4 Å². The highest BCUT2D eigenvalue weighted by molar-refractivity contribution is 6.30. The highest BCUT2D eigenvalue weighted by atomic mass is 35.5. The normalized spacial score (nSPS) is 11.9. The molecule has 4 heteroatoms. The van der Waals surface area contributed by atoms with E-state index in [1.54, 1.807) is 38.1 Å². The number of likely N-dealkylation sites (N-methyl/N-ethyl adjacent to an activating group) is 1. The number of rotatable bonds is 3. The Morgan fingerprint density at radius 1 is 1.33 bits per heavy atom. The zero-order chi connectivity index (χ0) is 11.6. The molecule has 0 spiro atoms. The molecule has 82 valence electrons. The third-order valence-electron chi connectivity index (χ3n) is 2.47. The third-order valence-corrected chi connectivity index (χ3v) is 2.72. The summed E-state index contributed by atoms with van der Waals surface area (Å²) in [4.78, 5) is 12.0. The van der Waals surface area contributed by atoms with E-state index in [1.807, 2.05) is 0 Å². The average Bonchev–Trinajstić information content (AvgIpc) is 2.17. The molecular formula is C11H14ClNO2. The SMILES string of the molecule is CN(O)C(C)(C)C(=O)c1ccc(Cl)cc1. The molecule has 0 saturated heterocycles. The van der Waals surface area contributed by atoms with Crippen molar-refractivity contribution in [3.8, 4) is 0 Å². The fourth-order valence-electron chi connectivity index (χ4n) is 1.10. The lowest BCUT2D eigenvalue weighted by molar-refractivity contribution is -0.122. The highest BCUT2D eigenvalue weighted by Crippen LogP contribution is 2.19. The zero-order valence-electron chi connectivity index (χ0n) is 8.99. The highest BCUT2D eigenvalue weighted by Gasteiger charge is 2.32. The number of ketones is 1. The Kier molecular flexibility index (Phi) is 3.50. The maximum absolute atomic E-state index is 12.0. The van der Waals surface area contributed by atoms with Crippen molar-refractivity contribution in [2.75, 3.05) is 7.05 Å². The molecule has 0 bridgehead atoms. The molecule has 0 aromatic heterocycles. The Morgan fingerprint density at radius 2 is 1.80 bits per heavy atom. The Labute approximate surface area is 94.2 Å². The van der Waals surface area contributed by atoms with Crippen LogP contribution in [-0.4, -0.2) is 28.6 Å². The van der Waals surface area contributed by atoms with Crippen LogP contribution in [0, 0.1) is 0 Å². The van der Waals surface area contributed by atoms with E-state index >= 15 is 0 Å². The molecule has 0 fully saturated rings. The fourth-order valence-corrected chi connectivity index (χ4v) is 1.23. The summed E-state index contributed by atoms with van der Waals surface area (Å²) in [7, 11) is 1.45. The number of nitrogens with zero attached hydrogens (tertiary/aromatic N) is 1. The number of hydroxylamine groups is 2. The van der Waals surface area contributed by atoms with Crippen molar-refractivity contribution < 1.29 is 10.0 Å². The van der Waals surface area contributed by atoms with Gasteiger partial charge in [0.25, 0.3) is 0 Å². The molecule has 1 rings (SSSR count). The quantitative estimate of drug-likeness (QED) is 0.638. The first-order valence-corrected chi connectivity index (χ1v) is 4.96. The van der Waals surface area contributed by atoms with E-state index in [0.717, 1.165) is 5.06 Å². The smallest absolute Gasteiger partial charge is 0.184 e. The van der Waals surface area contributed by atoms with Crippen molar-refractivity contribution >= 4 is 17.4 Å². The molecule has 1 aromatic carbocycles. The lowest BCUT2D eigenvalue weighted by atomic mass is 9.93. The van der Waals surface area contributed by atoms with E-state index in [9.17, 15) is 10.0 Å². The minimum absolute atomic E-state index is 0.149. The average molecular weight is 228 g/mol. The van der Waals surface area contributed by atoms with Crippen LogP contribution in [0.5, 0.6) is 0 Å². The monoisotopic (exact) mass is 227 g/mol. The molecule has 1 N–H and O–H groups in total. The number of benzene rings is 1. The third kappa shape index (κ3) is 2.56. The van der Waals surface area contributed by atoms with Gasteiger partial charge >= 0.3 is 0 Å². The summed E-state index contributed by atoms with van der Waals surface area (Å²) in [5.41, 5.74) is -0.404. The topological polar surface area (TPSA) is 40.5 Å². The van der Waals surface area contributed by atoms with Crippen LogP contribution < -0.4 is 0 Å². The second kappa shape index (κ2) is 4.31. The Hall–Kier alpha value is -0.900. The van der Waals surface area contributed by atoms with Crippen molar-refractivity contribution in [3.05, 3.63) is 34.9 Å². The van der Waals surface area contributed by atoms with Gasteiger partial charge < -0.3 is 5.21 Å². The van der Waals surface area contributed by atoms with Gasteiger partial charge in [-0.25, -0.2) is 0 Å². The van der Waals surface area contributed by atoms with Gasteiger partial charge in [-0.05, 0) is 38.1 Å². The number of Topliss-reactive ketones (excluding diaryl/α,β-unsaturated/α-hetero) is 1. The fraction of sp³-hybridized carbons (Fsp3) is 0.364. The molecule has 15 heavy (non-hydrogen) atoms. The van der Waals surface area contributed by atoms with Crippen LogP contribution in [0.15, 0.2) is 24.3 Å². The van der Waals surface area contributed by atoms with E-state index in [-0.39, 0.29) is 5.78 Å². The minimum atomic E-state index is -0.937. The first-order valence-electron chi connectivity index (χ1n) is 4.59. The van der Waals surface area contributed by atoms with E-state index in [1.165, 1.54) is 7.05 Å². The Bertz CT molecular complexity index is 357. The van der Waals surface area contributed by atoms with Crippen LogP contribution in [-0.2, 0) is 0 Å². The van der Waals surface area contributed by atoms with Crippen LogP contribution in [0.4, 0.5) is 0 Å². The van der Waals surface area contributed by atoms with E-state index in [0.29, 0.717) is 10.6 Å². The first kappa shape index (κ1) is 12.2. The molecule has 3 nitrogen and oxygen atoms in total. The molecule has 1 aromatic rings. The second-order valence-corrected chi connectivity index (χ2v) is 4.36. The maximum Gasteiger partial charge on any atom is 0.184 e. The van der Waals surface area contributed by atoms with Gasteiger partial charge in [-0.15, -0.1) is 0 Å². The molecule has 0 aliphatic rings. The summed E-state index contributed by atoms with van der Waals surface area (Å²) < 4.78 is 0. The second-order valence-electron chi connectivity index (χ2n) is 3.92. The molecule has 0 amide bonds. The number of carbonyl (C=O) groups is 1. The van der Waals surface area contributed by atoms with Crippen LogP contribution in [0.3, 0.4) is 0 Å². The summed E-state index contributed by atoms with van der Waals surface area (Å²) in [5.74, 6) is -0.149. The molecule has 0 radical (unpaired) electrons. The predicted octanol–water partition coefficient (Wildman–Crippen LogP) is 2.62. The lowest BCUT2D eigenvalue weighted by Crippen LogP contribution is -2.46. The number of halogens is 1. The van der Waals surface area contributed by atoms with Gasteiger partial charge in [0.05, 0.1) is 0 Å². The predicted molar refractivity (Wildman–Crippen MR) is 59.4 cm³/mol. The van der Waals surface area contributed by atoms with Crippen molar-refractivity contribution in [1.29, 1.82) is 0 Å². The van der Waals surface area contributed by atoms with Crippen LogP contribution in [0.1, 0.15) is 24.2 Å². The van der Waals surface area contributed by atoms with Gasteiger partial charge in [0.1, 0.15) is 5.54 Å². The zero-order valence-corrected chi connectivity index (χ0v) is 9.75. The first-order chi connectivity index (χ1) is 6.85. The van der Waals surface area contributed by atoms with Crippen LogP contribution in [0.25, 0.3) is 0 Å². The Balaban J connectivity index is 3.00. The lowest BCUT2D eigenvalue weighted by Gasteiger charge is -2.28. The molecule has 0 aliphatic heterocycles. The summed E-state index contributed by atoms with van der Waals surface area (Å²) in [5, 5.41) is 10.8. The summed E-state index contributed by atoms with van der Waals surface area (Å²) in [6.07, 6.45) is 0. The van der Waals surface area contributed by atoms with E-state index in [4.69, 9.17) is 11.6 Å². The molecule has 0 unspecified atom stereocenters. The number of hydrogen-bond donors (Lipinski definition) is 1. The van der Waals surface area contributed by atoms with Crippen LogP contribution >= 0.6 is 11.6 Å². The van der Waals surface area contributed by atoms with Gasteiger partial charge in [-0.3, -0.25) is 4.79 Å². The molecular weight excluding hydrogens is 214 g/mol. The summed E-state index contributed by atoms with van der Waals surface area (Å²) in [6, 6.07) is 6.61. The van der Waals surface area contributed by atoms with Crippen molar-refractivity contribution in [2.24, 2.45) is 0 Å². The van der Waals surface area contributed by atoms with E-state index in [2.05, 4.69) is 0 Å². The molecule has 0 atom stereocenters. The number of hydrogen-bond acceptors (Lipinski definition) is 3. The van der Waals surface area contributed by atoms with Crippen molar-refractivity contribution in [3.63, 3.8) is 0 Å². The molecule has 0 heterocycles. The van der Waals surface area contributed by atoms with E-state index < -0.39 is 5.54 Å². The standard InChI is InChI=1S/C11H14ClNO2/c1-11(2,13(3)15)10(14)8-4-6-9(12)7-5-8/h4-7,15H,1-3H3. The van der Waals surface area contributed by atoms with Crippen molar-refractivity contribution in [1.82, 2.24) is 5.06 Å². The summed E-state index contributed by atoms with van der Waals surface area (Å²) >= 11 is 5.72. The van der Waals surface area contributed by atoms with Gasteiger partial charge in [0.2, 0.25) is 0 Å². The minimum Gasteiger partial charge on any atom is -0.313 e. The molecule has 0 aliphatic carbocycles. The van der Waals surface area contributed by atoms with Gasteiger partial charge in [-0.2, -0.15) is 5.06 Å². The maximum atomic E-state index is 12.0. The number of carbonyl (C=O) groups excluding carboxylic acids is 1. The van der Waals surface area contributed by atoms with Gasteiger partial charge in [-0.1, -0.05) is 11.6 Å². The molecule has 0 saturated carbocycles. The van der Waals surface area contributed by atoms with Gasteiger partial charge in [0.15, 0.2) is 5.78 Å².